The fourth-order valence-electron chi connectivity index (χ4n) is 4.70. The third kappa shape index (κ3) is 9.35. The Balaban J connectivity index is 1.44. The normalized spacial score (nSPS) is 15.4. The van der Waals surface area contributed by atoms with Gasteiger partial charge in [0.1, 0.15) is 0 Å². The van der Waals surface area contributed by atoms with Crippen LogP contribution in [0.4, 0.5) is 18.9 Å². The summed E-state index contributed by atoms with van der Waals surface area (Å²) in [5.74, 6) is -0.417. The number of allylic oxidation sites excluding steroid dienone is 3. The maximum absolute atomic E-state index is 13.8. The summed E-state index contributed by atoms with van der Waals surface area (Å²) in [5, 5.41) is 10.4. The number of hydrogen-bond donors (Lipinski definition) is 2. The molecule has 0 atom stereocenters. The molecule has 44 heavy (non-hydrogen) atoms. The Morgan fingerprint density at radius 2 is 2.02 bits per heavy atom. The second kappa shape index (κ2) is 16.0. The number of carbonyl (C=O) groups excluding carboxylic acids is 1. The maximum atomic E-state index is 13.8. The molecule has 1 aliphatic rings. The third-order valence-electron chi connectivity index (χ3n) is 6.82. The number of alkyl halides is 3. The van der Waals surface area contributed by atoms with Gasteiger partial charge < -0.3 is 20.3 Å². The van der Waals surface area contributed by atoms with Gasteiger partial charge in [-0.15, -0.1) is 0 Å². The Labute approximate surface area is 255 Å². The quantitative estimate of drug-likeness (QED) is 0.153. The van der Waals surface area contributed by atoms with Gasteiger partial charge in [-0.05, 0) is 69.1 Å². The summed E-state index contributed by atoms with van der Waals surface area (Å²) in [4.78, 5) is 23.7. The molecule has 0 aromatic carbocycles. The Hall–Kier alpha value is -4.29. The van der Waals surface area contributed by atoms with Gasteiger partial charge in [-0.3, -0.25) is 9.78 Å². The molecule has 4 heterocycles. The second-order valence-electron chi connectivity index (χ2n) is 10.2. The minimum absolute atomic E-state index is 0.0419. The zero-order valence-corrected chi connectivity index (χ0v) is 25.0. The molecule has 0 spiro atoms. The summed E-state index contributed by atoms with van der Waals surface area (Å²) in [6.45, 7) is 9.13. The lowest BCUT2D eigenvalue weighted by molar-refractivity contribution is -0.142. The van der Waals surface area contributed by atoms with Crippen LogP contribution in [0, 0.1) is 0 Å². The minimum atomic E-state index is -4.66. The number of nitrogens with one attached hydrogen (secondary N) is 2. The van der Waals surface area contributed by atoms with E-state index in [4.69, 9.17) is 4.74 Å². The molecule has 2 N–H and O–H groups in total. The van der Waals surface area contributed by atoms with Crippen LogP contribution in [0.2, 0.25) is 0 Å². The molecule has 0 radical (unpaired) electrons. The molecule has 0 unspecified atom stereocenters. The van der Waals surface area contributed by atoms with Crippen molar-refractivity contribution in [2.24, 2.45) is 0 Å². The summed E-state index contributed by atoms with van der Waals surface area (Å²) in [6.07, 6.45) is 9.70. The zero-order valence-electron chi connectivity index (χ0n) is 25.0. The number of halogens is 3. The van der Waals surface area contributed by atoms with Gasteiger partial charge in [-0.1, -0.05) is 25.2 Å². The van der Waals surface area contributed by atoms with E-state index in [-0.39, 0.29) is 17.4 Å². The van der Waals surface area contributed by atoms with Crippen molar-refractivity contribution in [1.82, 2.24) is 30.0 Å². The Morgan fingerprint density at radius 3 is 2.73 bits per heavy atom. The molecular formula is C32H38F3N7O2. The number of rotatable bonds is 12. The van der Waals surface area contributed by atoms with Gasteiger partial charge in [0.25, 0.3) is 5.91 Å². The van der Waals surface area contributed by atoms with Crippen molar-refractivity contribution >= 4 is 11.6 Å². The Morgan fingerprint density at radius 1 is 1.16 bits per heavy atom. The van der Waals surface area contributed by atoms with E-state index in [0.29, 0.717) is 16.8 Å². The summed E-state index contributed by atoms with van der Waals surface area (Å²) in [5.41, 5.74) is 1.18. The average molecular weight is 610 g/mol. The van der Waals surface area contributed by atoms with Gasteiger partial charge in [-0.2, -0.15) is 18.3 Å². The lowest BCUT2D eigenvalue weighted by atomic mass is 10.1. The van der Waals surface area contributed by atoms with Gasteiger partial charge in [-0.25, -0.2) is 9.67 Å². The highest BCUT2D eigenvalue weighted by molar-refractivity contribution is 6.06. The van der Waals surface area contributed by atoms with Gasteiger partial charge >= 0.3 is 6.18 Å². The number of nitrogens with zero attached hydrogens (tertiary/aromatic N) is 5. The predicted molar refractivity (Wildman–Crippen MR) is 164 cm³/mol. The standard InChI is InChI=1S/C32H38F3N7O2/c1-3-8-24(20-26(9-4-2)37-14-6-15-41-16-7-18-44-19-17-41)31(43)39-27-11-12-30(38-23-27)42-29(32(33,34)35)21-28(40-42)25-10-5-13-36-22-25/h3,5,8-13,20-23,37H,4,6-7,14-19H2,1-2H3,(H,39,43)/b8-3-,24-20+,26-9-. The second-order valence-corrected chi connectivity index (χ2v) is 10.2. The molecule has 12 heteroatoms. The Kier molecular flexibility index (Phi) is 11.8. The van der Waals surface area contributed by atoms with E-state index in [1.165, 1.54) is 30.7 Å². The summed E-state index contributed by atoms with van der Waals surface area (Å²) in [7, 11) is 0. The van der Waals surface area contributed by atoms with Crippen LogP contribution in [-0.4, -0.2) is 69.9 Å². The van der Waals surface area contributed by atoms with Gasteiger partial charge in [0.15, 0.2) is 11.5 Å². The smallest absolute Gasteiger partial charge is 0.385 e. The van der Waals surface area contributed by atoms with Crippen LogP contribution in [0.5, 0.6) is 0 Å². The van der Waals surface area contributed by atoms with Crippen LogP contribution in [0.1, 0.15) is 38.8 Å². The maximum Gasteiger partial charge on any atom is 0.433 e. The number of carbonyl (C=O) groups is 1. The number of pyridine rings is 2. The molecule has 1 saturated heterocycles. The molecule has 3 aromatic heterocycles. The van der Waals surface area contributed by atoms with Crippen LogP contribution in [-0.2, 0) is 15.7 Å². The number of ether oxygens (including phenoxy) is 1. The summed E-state index contributed by atoms with van der Waals surface area (Å²) in [6, 6.07) is 7.09. The van der Waals surface area contributed by atoms with Gasteiger partial charge in [0, 0.05) is 55.5 Å². The van der Waals surface area contributed by atoms with Crippen LogP contribution in [0.3, 0.4) is 0 Å². The molecule has 0 aliphatic carbocycles. The van der Waals surface area contributed by atoms with Crippen LogP contribution in [0.15, 0.2) is 84.5 Å². The topological polar surface area (TPSA) is 97.2 Å². The SMILES string of the molecule is C\C=C/C(=C\C(=C\CC)NCCCN1CCCOCC1)C(=O)Nc1ccc(-n2nc(-c3cccnc3)cc2C(F)(F)F)nc1. The highest BCUT2D eigenvalue weighted by Crippen LogP contribution is 2.33. The van der Waals surface area contributed by atoms with Crippen molar-refractivity contribution in [2.75, 3.05) is 44.7 Å². The average Bonchev–Trinajstić information content (AvgIpc) is 3.32. The van der Waals surface area contributed by atoms with E-state index >= 15 is 0 Å². The Bertz CT molecular complexity index is 1440. The molecule has 9 nitrogen and oxygen atoms in total. The predicted octanol–water partition coefficient (Wildman–Crippen LogP) is 5.79. The fourth-order valence-corrected chi connectivity index (χ4v) is 4.70. The monoisotopic (exact) mass is 609 g/mol. The molecule has 0 bridgehead atoms. The molecule has 234 valence electrons. The van der Waals surface area contributed by atoms with Crippen molar-refractivity contribution in [3.8, 4) is 17.1 Å². The number of amides is 1. The van der Waals surface area contributed by atoms with Crippen molar-refractivity contribution in [1.29, 1.82) is 0 Å². The molecular weight excluding hydrogens is 571 g/mol. The lowest BCUT2D eigenvalue weighted by Crippen LogP contribution is -2.29. The highest BCUT2D eigenvalue weighted by Gasteiger charge is 2.37. The van der Waals surface area contributed by atoms with E-state index in [1.807, 2.05) is 19.9 Å². The van der Waals surface area contributed by atoms with Crippen molar-refractivity contribution in [2.45, 2.75) is 39.3 Å². The zero-order chi connectivity index (χ0) is 31.4. The molecule has 3 aromatic rings. The first-order valence-corrected chi connectivity index (χ1v) is 14.7. The van der Waals surface area contributed by atoms with Crippen LogP contribution < -0.4 is 10.6 Å². The highest BCUT2D eigenvalue weighted by atomic mass is 19.4. The lowest BCUT2D eigenvalue weighted by Gasteiger charge is -2.19. The number of hydrogen-bond acceptors (Lipinski definition) is 7. The van der Waals surface area contributed by atoms with Gasteiger partial charge in [0.05, 0.1) is 24.2 Å². The van der Waals surface area contributed by atoms with E-state index in [2.05, 4.69) is 30.6 Å². The first-order chi connectivity index (χ1) is 21.3. The summed E-state index contributed by atoms with van der Waals surface area (Å²) >= 11 is 0. The van der Waals surface area contributed by atoms with E-state index < -0.39 is 11.9 Å². The first-order valence-electron chi connectivity index (χ1n) is 14.7. The van der Waals surface area contributed by atoms with E-state index in [1.54, 1.807) is 30.4 Å². The number of aromatic nitrogens is 4. The third-order valence-corrected chi connectivity index (χ3v) is 6.82. The van der Waals surface area contributed by atoms with Gasteiger partial charge in [0.2, 0.25) is 0 Å². The fraction of sp³-hybridized carbons (Fsp3) is 0.375. The molecule has 1 amide bonds. The molecule has 0 saturated carbocycles. The summed E-state index contributed by atoms with van der Waals surface area (Å²) < 4.78 is 47.8. The number of anilines is 1. The van der Waals surface area contributed by atoms with Crippen LogP contribution in [0.25, 0.3) is 17.1 Å². The molecule has 1 aliphatic heterocycles. The van der Waals surface area contributed by atoms with Crippen LogP contribution >= 0.6 is 0 Å². The van der Waals surface area contributed by atoms with E-state index in [9.17, 15) is 18.0 Å². The van der Waals surface area contributed by atoms with Crippen molar-refractivity contribution in [3.63, 3.8) is 0 Å². The molecule has 4 rings (SSSR count). The van der Waals surface area contributed by atoms with Crippen molar-refractivity contribution < 1.29 is 22.7 Å². The molecule has 1 fully saturated rings. The first kappa shape index (κ1) is 32.6. The minimum Gasteiger partial charge on any atom is -0.385 e. The van der Waals surface area contributed by atoms with Crippen molar-refractivity contribution in [3.05, 3.63) is 90.2 Å². The van der Waals surface area contributed by atoms with E-state index in [0.717, 1.165) is 75.1 Å². The largest absolute Gasteiger partial charge is 0.433 e.